The Morgan fingerprint density at radius 1 is 1.28 bits per heavy atom. The molecule has 29 heavy (non-hydrogen) atoms. The maximum atomic E-state index is 13.1. The van der Waals surface area contributed by atoms with Crippen molar-refractivity contribution >= 4 is 33.3 Å². The number of likely N-dealkylation sites (N-methyl/N-ethyl adjacent to an activating group) is 1. The second-order valence-electron chi connectivity index (χ2n) is 7.51. The summed E-state index contributed by atoms with van der Waals surface area (Å²) in [5.74, 6) is 2.29. The quantitative estimate of drug-likeness (QED) is 0.604. The van der Waals surface area contributed by atoms with Crippen LogP contribution in [0.4, 0.5) is 11.5 Å². The molecule has 2 aliphatic heterocycles. The number of carbonyl (C=O) groups excluding carboxylic acids is 1. The van der Waals surface area contributed by atoms with Gasteiger partial charge in [0.15, 0.2) is 5.82 Å². The molecule has 0 unspecified atom stereocenters. The molecule has 4 heterocycles. The molecule has 1 fully saturated rings. The smallest absolute Gasteiger partial charge is 0.252 e. The number of imidazole rings is 1. The molecule has 1 aromatic carbocycles. The van der Waals surface area contributed by atoms with Crippen LogP contribution in [0.1, 0.15) is 26.2 Å². The number of nitrogens with zero attached hydrogens (tertiary/aromatic N) is 6. The van der Waals surface area contributed by atoms with Gasteiger partial charge in [0.2, 0.25) is 5.95 Å². The first kappa shape index (κ1) is 18.3. The van der Waals surface area contributed by atoms with Gasteiger partial charge in [0.25, 0.3) is 5.91 Å². The highest BCUT2D eigenvalue weighted by Crippen LogP contribution is 2.45. The summed E-state index contributed by atoms with van der Waals surface area (Å²) in [7, 11) is 1.82. The third kappa shape index (κ3) is 2.62. The minimum atomic E-state index is -0.491. The number of anilines is 2. The molecule has 0 radical (unpaired) electrons. The molecule has 2 aromatic heterocycles. The van der Waals surface area contributed by atoms with E-state index in [-0.39, 0.29) is 5.91 Å². The van der Waals surface area contributed by atoms with E-state index in [2.05, 4.69) is 37.7 Å². The molecule has 7 nitrogen and oxygen atoms in total. The lowest BCUT2D eigenvalue weighted by Crippen LogP contribution is -2.59. The Morgan fingerprint density at radius 3 is 2.93 bits per heavy atom. The van der Waals surface area contributed by atoms with Crippen molar-refractivity contribution in [2.45, 2.75) is 31.7 Å². The van der Waals surface area contributed by atoms with E-state index in [1.54, 1.807) is 17.3 Å². The normalized spacial score (nSPS) is 20.7. The average Bonchev–Trinajstić information content (AvgIpc) is 3.39. The van der Waals surface area contributed by atoms with Gasteiger partial charge in [0, 0.05) is 36.0 Å². The summed E-state index contributed by atoms with van der Waals surface area (Å²) >= 11 is 3.52. The molecule has 0 spiro atoms. The van der Waals surface area contributed by atoms with Gasteiger partial charge in [0.05, 0.1) is 6.20 Å². The first-order chi connectivity index (χ1) is 14.0. The second-order valence-corrected chi connectivity index (χ2v) is 8.43. The van der Waals surface area contributed by atoms with Crippen LogP contribution >= 0.6 is 15.9 Å². The van der Waals surface area contributed by atoms with Crippen molar-refractivity contribution in [1.29, 1.82) is 0 Å². The Bertz CT molecular complexity index is 1110. The number of fused-ring (bicyclic) bond motifs is 3. The number of hydrogen-bond acceptors (Lipinski definition) is 5. The van der Waals surface area contributed by atoms with Gasteiger partial charge in [-0.2, -0.15) is 4.98 Å². The van der Waals surface area contributed by atoms with E-state index in [9.17, 15) is 4.79 Å². The molecule has 2 aliphatic rings. The molecule has 0 aliphatic carbocycles. The van der Waals surface area contributed by atoms with E-state index < -0.39 is 5.54 Å². The molecule has 5 rings (SSSR count). The van der Waals surface area contributed by atoms with Crippen molar-refractivity contribution in [3.05, 3.63) is 47.3 Å². The number of halogens is 1. The van der Waals surface area contributed by atoms with Crippen LogP contribution in [0.3, 0.4) is 0 Å². The molecular weight excluding hydrogens is 432 g/mol. The van der Waals surface area contributed by atoms with Crippen LogP contribution in [0.5, 0.6) is 0 Å². The van der Waals surface area contributed by atoms with Crippen LogP contribution in [0.2, 0.25) is 0 Å². The van der Waals surface area contributed by atoms with E-state index in [0.29, 0.717) is 5.95 Å². The van der Waals surface area contributed by atoms with Crippen LogP contribution in [0.15, 0.2) is 47.3 Å². The van der Waals surface area contributed by atoms with Crippen molar-refractivity contribution < 1.29 is 4.79 Å². The van der Waals surface area contributed by atoms with E-state index in [1.807, 2.05) is 42.1 Å². The number of rotatable bonds is 3. The Morgan fingerprint density at radius 2 is 2.14 bits per heavy atom. The van der Waals surface area contributed by atoms with E-state index in [0.717, 1.165) is 53.2 Å². The van der Waals surface area contributed by atoms with Crippen molar-refractivity contribution in [3.63, 3.8) is 0 Å². The summed E-state index contributed by atoms with van der Waals surface area (Å²) in [6, 6.07) is 7.99. The molecule has 1 atom stereocenters. The van der Waals surface area contributed by atoms with Crippen molar-refractivity contribution in [2.24, 2.45) is 0 Å². The molecule has 0 bridgehead atoms. The van der Waals surface area contributed by atoms with Gasteiger partial charge in [-0.15, -0.1) is 0 Å². The summed E-state index contributed by atoms with van der Waals surface area (Å²) in [6.07, 6.45) is 7.98. The van der Waals surface area contributed by atoms with E-state index in [1.165, 1.54) is 0 Å². The van der Waals surface area contributed by atoms with Gasteiger partial charge < -0.3 is 9.80 Å². The third-order valence-electron chi connectivity index (χ3n) is 6.07. The van der Waals surface area contributed by atoms with E-state index >= 15 is 0 Å². The first-order valence-corrected chi connectivity index (χ1v) is 10.6. The molecule has 8 heteroatoms. The third-order valence-corrected chi connectivity index (χ3v) is 6.56. The van der Waals surface area contributed by atoms with E-state index in [4.69, 9.17) is 4.98 Å². The standard InChI is InChI=1S/C21H21BrN6O/c1-3-21-8-5-10-28(21)18-16(26(2)19(21)29)13-24-20(25-18)27-11-9-23-17(27)14-6-4-7-15(22)12-14/h4,6-7,9,11-13H,3,5,8,10H2,1-2H3/t21-/m0/s1. The summed E-state index contributed by atoms with van der Waals surface area (Å²) in [5.41, 5.74) is 1.24. The monoisotopic (exact) mass is 452 g/mol. The van der Waals surface area contributed by atoms with Crippen molar-refractivity contribution in [2.75, 3.05) is 23.4 Å². The first-order valence-electron chi connectivity index (χ1n) is 9.77. The van der Waals surface area contributed by atoms with Gasteiger partial charge in [-0.25, -0.2) is 9.97 Å². The Labute approximate surface area is 177 Å². The van der Waals surface area contributed by atoms with Crippen LogP contribution in [-0.2, 0) is 4.79 Å². The maximum Gasteiger partial charge on any atom is 0.252 e. The van der Waals surface area contributed by atoms with Gasteiger partial charge in [0.1, 0.15) is 17.1 Å². The maximum absolute atomic E-state index is 13.1. The number of aromatic nitrogens is 4. The average molecular weight is 453 g/mol. The highest BCUT2D eigenvalue weighted by atomic mass is 79.9. The fraction of sp³-hybridized carbons (Fsp3) is 0.333. The number of benzene rings is 1. The van der Waals surface area contributed by atoms with Crippen LogP contribution in [0.25, 0.3) is 17.3 Å². The fourth-order valence-electron chi connectivity index (χ4n) is 4.56. The van der Waals surface area contributed by atoms with Crippen LogP contribution < -0.4 is 9.80 Å². The number of carbonyl (C=O) groups is 1. The zero-order chi connectivity index (χ0) is 20.2. The number of hydrogen-bond donors (Lipinski definition) is 0. The minimum absolute atomic E-state index is 0.138. The molecule has 148 valence electrons. The lowest BCUT2D eigenvalue weighted by atomic mass is 9.89. The Balaban J connectivity index is 1.64. The fourth-order valence-corrected chi connectivity index (χ4v) is 4.96. The summed E-state index contributed by atoms with van der Waals surface area (Å²) in [5, 5.41) is 0. The molecule has 0 saturated carbocycles. The SMILES string of the molecule is CC[C@@]12CCCN1c1nc(-n3ccnc3-c3cccc(Br)c3)ncc1N(C)C2=O. The highest BCUT2D eigenvalue weighted by molar-refractivity contribution is 9.10. The minimum Gasteiger partial charge on any atom is -0.340 e. The zero-order valence-corrected chi connectivity index (χ0v) is 17.9. The summed E-state index contributed by atoms with van der Waals surface area (Å²) in [4.78, 5) is 31.0. The van der Waals surface area contributed by atoms with Gasteiger partial charge in [-0.05, 0) is 31.4 Å². The largest absolute Gasteiger partial charge is 0.340 e. The zero-order valence-electron chi connectivity index (χ0n) is 16.3. The number of amides is 1. The topological polar surface area (TPSA) is 67.2 Å². The predicted octanol–water partition coefficient (Wildman–Crippen LogP) is 3.82. The van der Waals surface area contributed by atoms with Crippen molar-refractivity contribution in [3.8, 4) is 17.3 Å². The van der Waals surface area contributed by atoms with Gasteiger partial charge in [-0.3, -0.25) is 9.36 Å². The molecule has 3 aromatic rings. The molecular formula is C21H21BrN6O. The second kappa shape index (κ2) is 6.66. The lowest BCUT2D eigenvalue weighted by Gasteiger charge is -2.45. The van der Waals surface area contributed by atoms with Crippen LogP contribution in [-0.4, -0.2) is 44.6 Å². The Hall–Kier alpha value is -2.74. The van der Waals surface area contributed by atoms with Gasteiger partial charge in [-0.1, -0.05) is 35.0 Å². The summed E-state index contributed by atoms with van der Waals surface area (Å²) in [6.45, 7) is 2.91. The van der Waals surface area contributed by atoms with Crippen LogP contribution in [0, 0.1) is 0 Å². The molecule has 0 N–H and O–H groups in total. The van der Waals surface area contributed by atoms with Gasteiger partial charge >= 0.3 is 0 Å². The summed E-state index contributed by atoms with van der Waals surface area (Å²) < 4.78 is 2.88. The molecule has 1 saturated heterocycles. The predicted molar refractivity (Wildman–Crippen MR) is 115 cm³/mol. The molecule has 1 amide bonds. The Kier molecular flexibility index (Phi) is 4.20. The highest BCUT2D eigenvalue weighted by Gasteiger charge is 2.52. The van der Waals surface area contributed by atoms with Crippen molar-refractivity contribution in [1.82, 2.24) is 19.5 Å². The lowest BCUT2D eigenvalue weighted by molar-refractivity contribution is -0.123.